The molecule has 3 N–H and O–H groups in total. The first-order valence-electron chi connectivity index (χ1n) is 21.6. The fourth-order valence-corrected chi connectivity index (χ4v) is 12.2. The van der Waals surface area contributed by atoms with E-state index in [-0.39, 0.29) is 47.1 Å². The number of hydrogen-bond donors (Lipinski definition) is 4. The van der Waals surface area contributed by atoms with Crippen LogP contribution in [0.5, 0.6) is 0 Å². The molecule has 5 aromatic rings. The van der Waals surface area contributed by atoms with Crippen LogP contribution in [0.3, 0.4) is 0 Å². The number of aromatic amines is 1. The van der Waals surface area contributed by atoms with Gasteiger partial charge in [-0.2, -0.15) is 10.2 Å². The maximum absolute atomic E-state index is 17.1. The zero-order valence-corrected chi connectivity index (χ0v) is 42.7. The van der Waals surface area contributed by atoms with Gasteiger partial charge in [-0.25, -0.2) is 28.9 Å². The predicted molar refractivity (Wildman–Crippen MR) is 255 cm³/mol. The minimum atomic E-state index is -4.56. The Bertz CT molecular complexity index is 2940. The van der Waals surface area contributed by atoms with E-state index in [0.717, 1.165) is 6.33 Å². The minimum absolute atomic E-state index is 0.0294. The lowest BCUT2D eigenvalue weighted by Gasteiger charge is -2.41. The molecule has 4 aromatic heterocycles. The quantitative estimate of drug-likeness (QED) is 0.0486. The number of nitrogens with zero attached hydrogens (tertiary/aromatic N) is 8. The fourth-order valence-electron chi connectivity index (χ4n) is 7.31. The number of nitriles is 1. The van der Waals surface area contributed by atoms with Crippen LogP contribution in [-0.2, 0) is 57.7 Å². The molecule has 0 saturated carbocycles. The van der Waals surface area contributed by atoms with Crippen molar-refractivity contribution >= 4 is 91.8 Å². The molecule has 1 aromatic carbocycles. The number of carbonyl (C=O) groups is 2. The highest BCUT2D eigenvalue weighted by Gasteiger charge is 2.56. The Balaban J connectivity index is 1.17. The number of ether oxygens (including phenoxy) is 2. The van der Waals surface area contributed by atoms with Crippen molar-refractivity contribution in [3.8, 4) is 6.07 Å². The van der Waals surface area contributed by atoms with Gasteiger partial charge in [0, 0.05) is 11.5 Å². The van der Waals surface area contributed by atoms with E-state index in [4.69, 9.17) is 48.3 Å². The van der Waals surface area contributed by atoms with Crippen LogP contribution >= 0.6 is 25.8 Å². The molecule has 0 spiro atoms. The molecular formula is C40H50FN11O12P2S2Si. The average Bonchev–Trinajstić information content (AvgIpc) is 4.06. The number of alkyl halides is 1. The van der Waals surface area contributed by atoms with Crippen LogP contribution in [0.2, 0.25) is 18.1 Å². The Morgan fingerprint density at radius 3 is 2.38 bits per heavy atom. The highest BCUT2D eigenvalue weighted by atomic mass is 32.7. The molecule has 23 nitrogen and oxygen atoms in total. The van der Waals surface area contributed by atoms with E-state index in [1.165, 1.54) is 21.8 Å². The molecule has 7 heterocycles. The van der Waals surface area contributed by atoms with Gasteiger partial charge in [-0.1, -0.05) is 65.1 Å². The van der Waals surface area contributed by atoms with Crippen LogP contribution in [0.1, 0.15) is 63.9 Å². The van der Waals surface area contributed by atoms with Crippen molar-refractivity contribution in [3.63, 3.8) is 0 Å². The molecule has 8 rings (SSSR count). The molecule has 370 valence electrons. The topological polar surface area (TPSA) is 280 Å². The van der Waals surface area contributed by atoms with Crippen molar-refractivity contribution in [1.82, 2.24) is 39.0 Å². The van der Waals surface area contributed by atoms with Crippen molar-refractivity contribution < 1.29 is 55.1 Å². The number of anilines is 2. The summed E-state index contributed by atoms with van der Waals surface area (Å²) < 4.78 is 85.0. The zero-order valence-electron chi connectivity index (χ0n) is 38.2. The van der Waals surface area contributed by atoms with E-state index in [1.54, 1.807) is 44.2 Å². The third-order valence-corrected chi connectivity index (χ3v) is 20.4. The van der Waals surface area contributed by atoms with Crippen molar-refractivity contribution in [3.05, 3.63) is 65.2 Å². The van der Waals surface area contributed by atoms with Crippen molar-refractivity contribution in [2.24, 2.45) is 5.92 Å². The zero-order chi connectivity index (χ0) is 49.6. The Labute approximate surface area is 405 Å². The van der Waals surface area contributed by atoms with Crippen molar-refractivity contribution in [2.45, 2.75) is 108 Å². The number of hydrogen-bond acceptors (Lipinski definition) is 19. The Kier molecular flexibility index (Phi) is 14.8. The van der Waals surface area contributed by atoms with Gasteiger partial charge in [0.25, 0.3) is 11.5 Å². The van der Waals surface area contributed by atoms with E-state index in [0.29, 0.717) is 5.56 Å². The Morgan fingerprint density at radius 2 is 1.68 bits per heavy atom. The second-order valence-electron chi connectivity index (χ2n) is 18.1. The van der Waals surface area contributed by atoms with Crippen LogP contribution in [0.25, 0.3) is 22.3 Å². The first kappa shape index (κ1) is 51.0. The first-order chi connectivity index (χ1) is 32.6. The van der Waals surface area contributed by atoms with Gasteiger partial charge in [0.1, 0.15) is 36.8 Å². The lowest BCUT2D eigenvalue weighted by Crippen LogP contribution is -2.50. The lowest BCUT2D eigenvalue weighted by molar-refractivity contribution is -0.118. The van der Waals surface area contributed by atoms with Crippen LogP contribution in [-0.4, -0.2) is 116 Å². The van der Waals surface area contributed by atoms with Gasteiger partial charge in [-0.15, -0.1) is 0 Å². The van der Waals surface area contributed by atoms with E-state index in [1.807, 2.05) is 39.9 Å². The van der Waals surface area contributed by atoms with Gasteiger partial charge in [0.15, 0.2) is 55.1 Å². The van der Waals surface area contributed by atoms with Gasteiger partial charge in [0.05, 0.1) is 45.0 Å². The minimum Gasteiger partial charge on any atom is -0.408 e. The first-order valence-corrected chi connectivity index (χ1v) is 29.8. The lowest BCUT2D eigenvalue weighted by atomic mass is 10.1. The largest absolute Gasteiger partial charge is 0.408 e. The summed E-state index contributed by atoms with van der Waals surface area (Å²) in [5.74, 6) is -1.47. The molecule has 29 heteroatoms. The van der Waals surface area contributed by atoms with Crippen molar-refractivity contribution in [1.29, 1.82) is 5.26 Å². The number of nitrogens with one attached hydrogen (secondary N) is 3. The number of H-pyrrole nitrogens is 1. The molecule has 69 heavy (non-hydrogen) atoms. The molecular weight excluding hydrogens is 1000 g/mol. The summed E-state index contributed by atoms with van der Waals surface area (Å²) in [4.78, 5) is 63.3. The van der Waals surface area contributed by atoms with Gasteiger partial charge < -0.3 is 28.3 Å². The number of aromatic nitrogens is 8. The van der Waals surface area contributed by atoms with E-state index in [2.05, 4.69) is 52.8 Å². The molecule has 3 saturated heterocycles. The number of fused-ring (bicyclic) bond motifs is 5. The molecule has 2 amide bonds. The summed E-state index contributed by atoms with van der Waals surface area (Å²) in [6.07, 6.45) is -8.10. The monoisotopic (exact) mass is 1050 g/mol. The molecule has 0 radical (unpaired) electrons. The molecule has 3 aliphatic rings. The van der Waals surface area contributed by atoms with Crippen LogP contribution < -0.4 is 16.2 Å². The van der Waals surface area contributed by atoms with E-state index in [9.17, 15) is 24.2 Å². The summed E-state index contributed by atoms with van der Waals surface area (Å²) in [6, 6.07) is 10.4. The molecule has 10 atom stereocenters. The molecule has 0 aliphatic carbocycles. The number of thiol groups is 1. The molecule has 3 fully saturated rings. The smallest absolute Gasteiger partial charge is 0.386 e. The third kappa shape index (κ3) is 10.8. The average molecular weight is 1050 g/mol. The predicted octanol–water partition coefficient (Wildman–Crippen LogP) is 6.34. The second-order valence-corrected chi connectivity index (χ2v) is 28.7. The Morgan fingerprint density at radius 1 is 1.00 bits per heavy atom. The highest BCUT2D eigenvalue weighted by molar-refractivity contribution is 8.44. The van der Waals surface area contributed by atoms with E-state index < -0.39 is 113 Å². The van der Waals surface area contributed by atoms with Crippen LogP contribution in [0.15, 0.2) is 54.1 Å². The highest BCUT2D eigenvalue weighted by Crippen LogP contribution is 2.60. The van der Waals surface area contributed by atoms with Crippen LogP contribution in [0.4, 0.5) is 16.2 Å². The number of benzene rings is 1. The standard InChI is InChI=1S/C40H50FN11O12P2S2Si/c1-21(2)34(53)49-39-48-33-27(36(55)50-39)46-20-52(33)38-30-29(64-69(6,7)40(3,4)5)24(61-38)16-58-65(56,67)62-28-23(17-59-66(68,63-30)57-15-11-14-42)60-37(25(28)41)51-19-45-26-31(43-18-44-32(26)51)47-35(54)22-12-9-8-10-13-22/h8-10,12-13,18-21,23-25,28-30,37-38H,11,15-17H2,1-7H3,(H,56,67)(H,43,44,47,54)(H2,48,49,50,53,55)/t23-,24-,25?,28-,29-,30-,37+,38-,65?,66?/m1/s1. The van der Waals surface area contributed by atoms with Gasteiger partial charge in [-0.3, -0.25) is 47.4 Å². The summed E-state index contributed by atoms with van der Waals surface area (Å²) in [7, 11) is -2.80. The van der Waals surface area contributed by atoms with E-state index >= 15 is 4.39 Å². The van der Waals surface area contributed by atoms with Gasteiger partial charge in [0.2, 0.25) is 11.9 Å². The maximum atomic E-state index is 17.1. The Hall–Kier alpha value is -4.39. The normalized spacial score (nSPS) is 28.9. The number of halogens is 1. The number of rotatable bonds is 11. The molecule has 2 bridgehead atoms. The van der Waals surface area contributed by atoms with Crippen molar-refractivity contribution in [2.75, 3.05) is 30.5 Å². The SMILES string of the molecule is CC(C)C(=O)Nc1nc2c(ncn2[C@@H]2O[C@@H]3COP(=O)(S)O[C@H]4C(F)[C@@H](n5cnc6c(NC(=O)c7ccccc7)ncnc65)O[C@@H]4COP(=S)(OCCC#N)O[C@@H]2[C@@H]3O[Si](C)(C)C(C)(C)C)c(=O)[nH]1. The second kappa shape index (κ2) is 20.0. The third-order valence-electron chi connectivity index (χ3n) is 11.9. The molecule has 3 unspecified atom stereocenters. The number of carbonyl (C=O) groups excluding carboxylic acids is 2. The summed E-state index contributed by atoms with van der Waals surface area (Å²) in [5.41, 5.74) is -0.286. The number of imidazole rings is 2. The fraction of sp³-hybridized carbons (Fsp3) is 0.525. The van der Waals surface area contributed by atoms with Gasteiger partial charge >= 0.3 is 13.5 Å². The summed E-state index contributed by atoms with van der Waals surface area (Å²) >= 11 is 10.4. The van der Waals surface area contributed by atoms with Crippen LogP contribution in [0, 0.1) is 17.2 Å². The maximum Gasteiger partial charge on any atom is 0.386 e. The molecule has 3 aliphatic heterocycles. The van der Waals surface area contributed by atoms with Gasteiger partial charge in [-0.05, 0) is 42.1 Å². The summed E-state index contributed by atoms with van der Waals surface area (Å²) in [5, 5.41) is 14.4. The summed E-state index contributed by atoms with van der Waals surface area (Å²) in [6.45, 7) is 3.27. The number of amides is 2.